The van der Waals surface area contributed by atoms with Crippen molar-refractivity contribution < 1.29 is 9.59 Å². The highest BCUT2D eigenvalue weighted by Crippen LogP contribution is 2.17. The van der Waals surface area contributed by atoms with Crippen LogP contribution >= 0.6 is 0 Å². The van der Waals surface area contributed by atoms with Crippen LogP contribution in [0.3, 0.4) is 0 Å². The van der Waals surface area contributed by atoms with Crippen LogP contribution in [0.4, 0.5) is 5.69 Å². The Balaban J connectivity index is 1.99. The topological polar surface area (TPSA) is 58.2 Å². The Kier molecular flexibility index (Phi) is 6.56. The molecule has 2 amide bonds. The summed E-state index contributed by atoms with van der Waals surface area (Å²) in [5.74, 6) is -0.288. The van der Waals surface area contributed by atoms with Gasteiger partial charge < -0.3 is 10.6 Å². The van der Waals surface area contributed by atoms with E-state index in [1.165, 1.54) is 5.56 Å². The van der Waals surface area contributed by atoms with Crippen molar-refractivity contribution in [2.45, 2.75) is 52.5 Å². The van der Waals surface area contributed by atoms with E-state index in [4.69, 9.17) is 0 Å². The van der Waals surface area contributed by atoms with Crippen LogP contribution < -0.4 is 10.6 Å². The van der Waals surface area contributed by atoms with Crippen LogP contribution in [-0.2, 0) is 17.6 Å². The number of anilines is 1. The Bertz CT molecular complexity index is 758. The lowest BCUT2D eigenvalue weighted by atomic mass is 10.1. The fourth-order valence-corrected chi connectivity index (χ4v) is 2.61. The molecule has 26 heavy (non-hydrogen) atoms. The van der Waals surface area contributed by atoms with E-state index < -0.39 is 0 Å². The van der Waals surface area contributed by atoms with Crippen LogP contribution in [0.1, 0.15) is 55.6 Å². The Labute approximate surface area is 156 Å². The molecule has 0 saturated carbocycles. The number of para-hydroxylation sites is 1. The number of hydrogen-bond acceptors (Lipinski definition) is 2. The monoisotopic (exact) mass is 352 g/mol. The van der Waals surface area contributed by atoms with Crippen molar-refractivity contribution in [3.63, 3.8) is 0 Å². The first-order valence-electron chi connectivity index (χ1n) is 9.07. The fourth-order valence-electron chi connectivity index (χ4n) is 2.61. The van der Waals surface area contributed by atoms with E-state index in [1.807, 2.05) is 26.8 Å². The van der Waals surface area contributed by atoms with Crippen LogP contribution in [0.15, 0.2) is 48.5 Å². The Hall–Kier alpha value is -2.62. The summed E-state index contributed by atoms with van der Waals surface area (Å²) in [5, 5.41) is 5.80. The number of aryl methyl sites for hydroxylation is 2. The van der Waals surface area contributed by atoms with Crippen LogP contribution in [0.25, 0.3) is 0 Å². The van der Waals surface area contributed by atoms with Crippen molar-refractivity contribution in [3.8, 4) is 0 Å². The molecule has 0 aliphatic rings. The molecule has 0 aliphatic carbocycles. The molecule has 0 bridgehead atoms. The molecule has 2 aromatic carbocycles. The number of hydrogen-bond donors (Lipinski definition) is 2. The summed E-state index contributed by atoms with van der Waals surface area (Å²) in [6.07, 6.45) is 2.06. The Morgan fingerprint density at radius 2 is 1.54 bits per heavy atom. The molecule has 0 aromatic heterocycles. The zero-order valence-corrected chi connectivity index (χ0v) is 16.1. The van der Waals surface area contributed by atoms with Crippen LogP contribution in [-0.4, -0.2) is 17.4 Å². The van der Waals surface area contributed by atoms with E-state index >= 15 is 0 Å². The highest BCUT2D eigenvalue weighted by atomic mass is 16.2. The first kappa shape index (κ1) is 19.7. The zero-order chi connectivity index (χ0) is 19.2. The Morgan fingerprint density at radius 3 is 2.15 bits per heavy atom. The standard InChI is InChI=1S/C22H28N2O2/c1-5-16-10-12-17(13-11-16)14-15-20(25)23-19-9-7-6-8-18(19)21(26)24-22(2,3)4/h6-13H,5,14-15H2,1-4H3,(H,23,25)(H,24,26). The normalized spacial score (nSPS) is 11.1. The maximum Gasteiger partial charge on any atom is 0.253 e. The average Bonchev–Trinajstić information content (AvgIpc) is 2.59. The number of benzene rings is 2. The Morgan fingerprint density at radius 1 is 0.923 bits per heavy atom. The lowest BCUT2D eigenvalue weighted by Crippen LogP contribution is -2.40. The molecule has 0 aliphatic heterocycles. The second kappa shape index (κ2) is 8.65. The number of carbonyl (C=O) groups is 2. The van der Waals surface area contributed by atoms with Crippen molar-refractivity contribution in [2.24, 2.45) is 0 Å². The van der Waals surface area contributed by atoms with Crippen molar-refractivity contribution in [1.29, 1.82) is 0 Å². The van der Waals surface area contributed by atoms with Crippen molar-refractivity contribution in [1.82, 2.24) is 5.32 Å². The van der Waals surface area contributed by atoms with E-state index in [0.29, 0.717) is 24.1 Å². The summed E-state index contributed by atoms with van der Waals surface area (Å²) in [7, 11) is 0. The highest BCUT2D eigenvalue weighted by Gasteiger charge is 2.18. The molecular weight excluding hydrogens is 324 g/mol. The second-order valence-electron chi connectivity index (χ2n) is 7.47. The second-order valence-corrected chi connectivity index (χ2v) is 7.47. The van der Waals surface area contributed by atoms with Crippen LogP contribution in [0, 0.1) is 0 Å². The third-order valence-corrected chi connectivity index (χ3v) is 4.01. The van der Waals surface area contributed by atoms with Gasteiger partial charge in [0.2, 0.25) is 5.91 Å². The smallest absolute Gasteiger partial charge is 0.253 e. The van der Waals surface area contributed by atoms with Gasteiger partial charge in [-0.1, -0.05) is 43.3 Å². The van der Waals surface area contributed by atoms with Crippen molar-refractivity contribution in [2.75, 3.05) is 5.32 Å². The largest absolute Gasteiger partial charge is 0.347 e. The molecular formula is C22H28N2O2. The summed E-state index contributed by atoms with van der Waals surface area (Å²) in [5.41, 5.74) is 3.11. The van der Waals surface area contributed by atoms with Crippen molar-refractivity contribution >= 4 is 17.5 Å². The van der Waals surface area contributed by atoms with Gasteiger partial charge >= 0.3 is 0 Å². The predicted octanol–water partition coefficient (Wildman–Crippen LogP) is 4.35. The number of nitrogens with one attached hydrogen (secondary N) is 2. The molecule has 2 aromatic rings. The quantitative estimate of drug-likeness (QED) is 0.812. The van der Waals surface area contributed by atoms with Gasteiger partial charge in [0.1, 0.15) is 0 Å². The van der Waals surface area contributed by atoms with E-state index in [9.17, 15) is 9.59 Å². The predicted molar refractivity (Wildman–Crippen MR) is 106 cm³/mol. The number of rotatable bonds is 6. The van der Waals surface area contributed by atoms with Crippen LogP contribution in [0.5, 0.6) is 0 Å². The van der Waals surface area contributed by atoms with Gasteiger partial charge in [-0.15, -0.1) is 0 Å². The molecule has 4 heteroatoms. The number of carbonyl (C=O) groups excluding carboxylic acids is 2. The van der Waals surface area contributed by atoms with Crippen molar-refractivity contribution in [3.05, 3.63) is 65.2 Å². The number of amides is 2. The third kappa shape index (κ3) is 6.03. The SMILES string of the molecule is CCc1ccc(CCC(=O)Nc2ccccc2C(=O)NC(C)(C)C)cc1. The minimum Gasteiger partial charge on any atom is -0.347 e. The van der Waals surface area contributed by atoms with E-state index in [-0.39, 0.29) is 17.4 Å². The van der Waals surface area contributed by atoms with Gasteiger partial charge in [0, 0.05) is 12.0 Å². The van der Waals surface area contributed by atoms with Gasteiger partial charge in [-0.2, -0.15) is 0 Å². The lowest BCUT2D eigenvalue weighted by Gasteiger charge is -2.21. The molecule has 0 unspecified atom stereocenters. The minimum absolute atomic E-state index is 0.0967. The summed E-state index contributed by atoms with van der Waals surface area (Å²) < 4.78 is 0. The molecule has 0 spiro atoms. The first-order chi connectivity index (χ1) is 12.3. The lowest BCUT2D eigenvalue weighted by molar-refractivity contribution is -0.116. The van der Waals surface area contributed by atoms with E-state index in [2.05, 4.69) is 41.8 Å². The highest BCUT2D eigenvalue weighted by molar-refractivity contribution is 6.04. The molecule has 0 atom stereocenters. The van der Waals surface area contributed by atoms with Gasteiger partial charge in [0.05, 0.1) is 11.3 Å². The summed E-state index contributed by atoms with van der Waals surface area (Å²) in [6.45, 7) is 7.90. The van der Waals surface area contributed by atoms with Gasteiger partial charge in [-0.3, -0.25) is 9.59 Å². The molecule has 0 fully saturated rings. The molecule has 4 nitrogen and oxygen atoms in total. The molecule has 0 heterocycles. The van der Waals surface area contributed by atoms with Gasteiger partial charge in [-0.25, -0.2) is 0 Å². The van der Waals surface area contributed by atoms with E-state index in [1.54, 1.807) is 18.2 Å². The maximum absolute atomic E-state index is 12.4. The molecule has 2 rings (SSSR count). The third-order valence-electron chi connectivity index (χ3n) is 4.01. The summed E-state index contributed by atoms with van der Waals surface area (Å²) >= 11 is 0. The molecule has 0 saturated heterocycles. The van der Waals surface area contributed by atoms with Crippen LogP contribution in [0.2, 0.25) is 0 Å². The fraction of sp³-hybridized carbons (Fsp3) is 0.364. The van der Waals surface area contributed by atoms with E-state index in [0.717, 1.165) is 12.0 Å². The van der Waals surface area contributed by atoms with Gasteiger partial charge in [0.15, 0.2) is 0 Å². The summed E-state index contributed by atoms with van der Waals surface area (Å²) in [4.78, 5) is 24.8. The zero-order valence-electron chi connectivity index (χ0n) is 16.1. The summed E-state index contributed by atoms with van der Waals surface area (Å²) in [6, 6.07) is 15.4. The van der Waals surface area contributed by atoms with Gasteiger partial charge in [0.25, 0.3) is 5.91 Å². The molecule has 0 radical (unpaired) electrons. The average molecular weight is 352 g/mol. The first-order valence-corrected chi connectivity index (χ1v) is 9.07. The molecule has 138 valence electrons. The maximum atomic E-state index is 12.4. The minimum atomic E-state index is -0.334. The molecule has 2 N–H and O–H groups in total. The van der Waals surface area contributed by atoms with Gasteiger partial charge in [-0.05, 0) is 56.9 Å².